The normalized spacial score (nSPS) is 11.4. The molecule has 0 fully saturated rings. The lowest BCUT2D eigenvalue weighted by Gasteiger charge is -2.22. The summed E-state index contributed by atoms with van der Waals surface area (Å²) in [5.74, 6) is 1.61. The van der Waals surface area contributed by atoms with Crippen molar-refractivity contribution < 1.29 is 4.74 Å². The summed E-state index contributed by atoms with van der Waals surface area (Å²) in [6, 6.07) is 8.01. The van der Waals surface area contributed by atoms with E-state index in [1.165, 1.54) is 0 Å². The van der Waals surface area contributed by atoms with Crippen LogP contribution in [0, 0.1) is 6.92 Å². The van der Waals surface area contributed by atoms with Gasteiger partial charge >= 0.3 is 0 Å². The van der Waals surface area contributed by atoms with Gasteiger partial charge in [-0.3, -0.25) is 0 Å². The van der Waals surface area contributed by atoms with E-state index in [1.807, 2.05) is 0 Å². The van der Waals surface area contributed by atoms with Crippen LogP contribution in [0.3, 0.4) is 0 Å². The van der Waals surface area contributed by atoms with E-state index in [-0.39, 0.29) is 5.54 Å². The van der Waals surface area contributed by atoms with Crippen molar-refractivity contribution in [1.82, 2.24) is 15.3 Å². The van der Waals surface area contributed by atoms with Crippen molar-refractivity contribution >= 4 is 0 Å². The Kier molecular flexibility index (Phi) is 4.91. The van der Waals surface area contributed by atoms with Crippen LogP contribution in [0.15, 0.2) is 36.7 Å². The minimum atomic E-state index is 0.0730. The van der Waals surface area contributed by atoms with Crippen molar-refractivity contribution in [2.24, 2.45) is 0 Å². The van der Waals surface area contributed by atoms with Crippen LogP contribution < -0.4 is 10.1 Å². The average Bonchev–Trinajstić information content (AvgIpc) is 2.44. The van der Waals surface area contributed by atoms with Crippen molar-refractivity contribution in [2.75, 3.05) is 0 Å². The van der Waals surface area contributed by atoms with E-state index < -0.39 is 0 Å². The summed E-state index contributed by atoms with van der Waals surface area (Å²) in [6.07, 6.45) is 3.46. The quantitative estimate of drug-likeness (QED) is 0.916. The van der Waals surface area contributed by atoms with E-state index in [2.05, 4.69) is 61.2 Å². The monoisotopic (exact) mass is 285 g/mol. The Labute approximate surface area is 126 Å². The third-order valence-corrected chi connectivity index (χ3v) is 3.07. The van der Waals surface area contributed by atoms with Crippen LogP contribution in [0.1, 0.15) is 37.7 Å². The summed E-state index contributed by atoms with van der Waals surface area (Å²) in [6.45, 7) is 9.68. The number of aryl methyl sites for hydroxylation is 1. The predicted octanol–water partition coefficient (Wildman–Crippen LogP) is 3.25. The minimum absolute atomic E-state index is 0.0730. The van der Waals surface area contributed by atoms with Gasteiger partial charge in [-0.15, -0.1) is 0 Å². The van der Waals surface area contributed by atoms with E-state index in [0.717, 1.165) is 23.4 Å². The summed E-state index contributed by atoms with van der Waals surface area (Å²) in [5.41, 5.74) is 2.35. The molecular formula is C17H23N3O. The van der Waals surface area contributed by atoms with Crippen molar-refractivity contribution in [3.63, 3.8) is 0 Å². The number of benzene rings is 1. The lowest BCUT2D eigenvalue weighted by molar-refractivity contribution is 0.288. The molecule has 0 amide bonds. The smallest absolute Gasteiger partial charge is 0.166 e. The van der Waals surface area contributed by atoms with E-state index in [0.29, 0.717) is 12.4 Å². The van der Waals surface area contributed by atoms with Crippen LogP contribution in [-0.2, 0) is 13.2 Å². The highest BCUT2D eigenvalue weighted by Gasteiger charge is 2.12. The highest BCUT2D eigenvalue weighted by atomic mass is 16.5. The molecule has 0 unspecified atom stereocenters. The van der Waals surface area contributed by atoms with Gasteiger partial charge < -0.3 is 10.1 Å². The molecule has 0 aliphatic carbocycles. The lowest BCUT2D eigenvalue weighted by Crippen LogP contribution is -2.35. The Morgan fingerprint density at radius 1 is 1.10 bits per heavy atom. The first-order valence-electron chi connectivity index (χ1n) is 7.18. The van der Waals surface area contributed by atoms with E-state index in [1.54, 1.807) is 18.5 Å². The number of aromatic nitrogens is 2. The summed E-state index contributed by atoms with van der Waals surface area (Å²) in [5, 5.41) is 3.49. The SMILES string of the molecule is Cc1cccc(CNC(C)(C)C)c1OCc1ncccn1. The van der Waals surface area contributed by atoms with Crippen LogP contribution in [0.5, 0.6) is 5.75 Å². The van der Waals surface area contributed by atoms with Gasteiger partial charge in [0.25, 0.3) is 0 Å². The van der Waals surface area contributed by atoms with Gasteiger partial charge in [0.05, 0.1) is 0 Å². The fraction of sp³-hybridized carbons (Fsp3) is 0.412. The number of hydrogen-bond acceptors (Lipinski definition) is 4. The van der Waals surface area contributed by atoms with Gasteiger partial charge in [-0.25, -0.2) is 9.97 Å². The topological polar surface area (TPSA) is 47.0 Å². The second-order valence-electron chi connectivity index (χ2n) is 6.12. The molecule has 0 saturated carbocycles. The molecule has 0 saturated heterocycles. The zero-order valence-electron chi connectivity index (χ0n) is 13.2. The van der Waals surface area contributed by atoms with Gasteiger partial charge in [-0.05, 0) is 39.3 Å². The maximum Gasteiger partial charge on any atom is 0.166 e. The number of para-hydroxylation sites is 1. The molecule has 0 radical (unpaired) electrons. The van der Waals surface area contributed by atoms with Gasteiger partial charge in [0.1, 0.15) is 12.4 Å². The second-order valence-corrected chi connectivity index (χ2v) is 6.12. The summed E-state index contributed by atoms with van der Waals surface area (Å²) < 4.78 is 5.95. The van der Waals surface area contributed by atoms with Gasteiger partial charge in [0, 0.05) is 30.0 Å². The van der Waals surface area contributed by atoms with Gasteiger partial charge in [-0.2, -0.15) is 0 Å². The molecule has 1 N–H and O–H groups in total. The molecule has 112 valence electrons. The molecule has 1 aromatic heterocycles. The number of ether oxygens (including phenoxy) is 1. The second kappa shape index (κ2) is 6.68. The van der Waals surface area contributed by atoms with Crippen LogP contribution in [0.25, 0.3) is 0 Å². The molecule has 21 heavy (non-hydrogen) atoms. The minimum Gasteiger partial charge on any atom is -0.485 e. The molecule has 0 atom stereocenters. The number of rotatable bonds is 5. The van der Waals surface area contributed by atoms with Crippen LogP contribution in [0.4, 0.5) is 0 Å². The summed E-state index contributed by atoms with van der Waals surface area (Å²) >= 11 is 0. The number of hydrogen-bond donors (Lipinski definition) is 1. The summed E-state index contributed by atoms with van der Waals surface area (Å²) in [7, 11) is 0. The molecule has 0 spiro atoms. The highest BCUT2D eigenvalue weighted by Crippen LogP contribution is 2.24. The van der Waals surface area contributed by atoms with Crippen molar-refractivity contribution in [3.05, 3.63) is 53.6 Å². The Morgan fingerprint density at radius 2 is 1.81 bits per heavy atom. The Bertz CT molecular complexity index is 576. The fourth-order valence-electron chi connectivity index (χ4n) is 1.96. The standard InChI is InChI=1S/C17H23N3O/c1-13-7-5-8-14(11-20-17(2,3)4)16(13)21-12-15-18-9-6-10-19-15/h5-10,20H,11-12H2,1-4H3. The first-order chi connectivity index (χ1) is 9.96. The molecule has 0 aliphatic heterocycles. The van der Waals surface area contributed by atoms with Crippen molar-refractivity contribution in [2.45, 2.75) is 46.4 Å². The zero-order chi connectivity index (χ0) is 15.3. The predicted molar refractivity (Wildman–Crippen MR) is 84.1 cm³/mol. The first kappa shape index (κ1) is 15.4. The van der Waals surface area contributed by atoms with Crippen LogP contribution >= 0.6 is 0 Å². The maximum atomic E-state index is 5.95. The van der Waals surface area contributed by atoms with E-state index >= 15 is 0 Å². The highest BCUT2D eigenvalue weighted by molar-refractivity contribution is 5.40. The van der Waals surface area contributed by atoms with Crippen molar-refractivity contribution in [1.29, 1.82) is 0 Å². The first-order valence-corrected chi connectivity index (χ1v) is 7.18. The Morgan fingerprint density at radius 3 is 2.48 bits per heavy atom. The van der Waals surface area contributed by atoms with Crippen LogP contribution in [0.2, 0.25) is 0 Å². The molecule has 4 nitrogen and oxygen atoms in total. The van der Waals surface area contributed by atoms with Gasteiger partial charge in [-0.1, -0.05) is 18.2 Å². The zero-order valence-corrected chi connectivity index (χ0v) is 13.2. The van der Waals surface area contributed by atoms with Crippen molar-refractivity contribution in [3.8, 4) is 5.75 Å². The largest absolute Gasteiger partial charge is 0.485 e. The summed E-state index contributed by atoms with van der Waals surface area (Å²) in [4.78, 5) is 8.37. The Balaban J connectivity index is 2.10. The molecule has 0 bridgehead atoms. The van der Waals surface area contributed by atoms with E-state index in [9.17, 15) is 0 Å². The maximum absolute atomic E-state index is 5.95. The molecule has 2 aromatic rings. The molecular weight excluding hydrogens is 262 g/mol. The molecule has 0 aliphatic rings. The Hall–Kier alpha value is -1.94. The van der Waals surface area contributed by atoms with E-state index in [4.69, 9.17) is 4.74 Å². The molecule has 4 heteroatoms. The number of nitrogens with one attached hydrogen (secondary N) is 1. The lowest BCUT2D eigenvalue weighted by atomic mass is 10.1. The van der Waals surface area contributed by atoms with Gasteiger partial charge in [0.15, 0.2) is 5.82 Å². The molecule has 1 heterocycles. The molecule has 1 aromatic carbocycles. The molecule has 2 rings (SSSR count). The third kappa shape index (κ3) is 4.83. The average molecular weight is 285 g/mol. The third-order valence-electron chi connectivity index (χ3n) is 3.07. The van der Waals surface area contributed by atoms with Crippen LogP contribution in [-0.4, -0.2) is 15.5 Å². The fourth-order valence-corrected chi connectivity index (χ4v) is 1.96. The number of nitrogens with zero attached hydrogens (tertiary/aromatic N) is 2. The van der Waals surface area contributed by atoms with Gasteiger partial charge in [0.2, 0.25) is 0 Å².